The lowest BCUT2D eigenvalue weighted by molar-refractivity contribution is -0.122. The van der Waals surface area contributed by atoms with Crippen molar-refractivity contribution in [2.45, 2.75) is 45.6 Å². The number of nitrogens with one attached hydrogen (secondary N) is 2. The minimum absolute atomic E-state index is 0.0321. The fraction of sp³-hybridized carbons (Fsp3) is 0.611. The first-order valence-electron chi connectivity index (χ1n) is 8.24. The van der Waals surface area contributed by atoms with Gasteiger partial charge in [0.1, 0.15) is 5.75 Å². The van der Waals surface area contributed by atoms with Gasteiger partial charge in [-0.2, -0.15) is 0 Å². The van der Waals surface area contributed by atoms with Crippen LogP contribution >= 0.6 is 0 Å². The number of aryl methyl sites for hydroxylation is 1. The Morgan fingerprint density at radius 2 is 2.14 bits per heavy atom. The van der Waals surface area contributed by atoms with Crippen molar-refractivity contribution in [3.63, 3.8) is 0 Å². The maximum Gasteiger partial charge on any atom is 0.220 e. The number of carbonyl (C=O) groups is 1. The number of piperidine rings is 1. The Labute approximate surface area is 133 Å². The van der Waals surface area contributed by atoms with Crippen molar-refractivity contribution in [2.75, 3.05) is 20.2 Å². The van der Waals surface area contributed by atoms with Crippen molar-refractivity contribution in [1.29, 1.82) is 0 Å². The summed E-state index contributed by atoms with van der Waals surface area (Å²) in [7, 11) is 1.67. The van der Waals surface area contributed by atoms with E-state index in [2.05, 4.69) is 23.6 Å². The van der Waals surface area contributed by atoms with Crippen LogP contribution in [0, 0.1) is 12.8 Å². The van der Waals surface area contributed by atoms with Crippen LogP contribution in [-0.4, -0.2) is 26.1 Å². The molecule has 1 amide bonds. The highest BCUT2D eigenvalue weighted by Gasteiger charge is 2.17. The summed E-state index contributed by atoms with van der Waals surface area (Å²) in [6, 6.07) is 6.03. The van der Waals surface area contributed by atoms with E-state index in [9.17, 15) is 4.79 Å². The molecule has 2 N–H and O–H groups in total. The fourth-order valence-corrected chi connectivity index (χ4v) is 3.09. The Balaban J connectivity index is 1.86. The van der Waals surface area contributed by atoms with Gasteiger partial charge in [-0.15, -0.1) is 0 Å². The van der Waals surface area contributed by atoms with Gasteiger partial charge in [-0.25, -0.2) is 0 Å². The molecular formula is C18H28N2O2. The molecule has 1 unspecified atom stereocenters. The van der Waals surface area contributed by atoms with E-state index in [1.807, 2.05) is 19.1 Å². The Kier molecular flexibility index (Phi) is 6.25. The number of ether oxygens (including phenoxy) is 1. The van der Waals surface area contributed by atoms with Crippen molar-refractivity contribution in [2.24, 2.45) is 5.92 Å². The molecule has 0 spiro atoms. The lowest BCUT2D eigenvalue weighted by Crippen LogP contribution is -2.30. The van der Waals surface area contributed by atoms with E-state index < -0.39 is 0 Å². The highest BCUT2D eigenvalue weighted by atomic mass is 16.5. The quantitative estimate of drug-likeness (QED) is 0.849. The van der Waals surface area contributed by atoms with Crippen molar-refractivity contribution in [1.82, 2.24) is 10.6 Å². The number of benzene rings is 1. The summed E-state index contributed by atoms with van der Waals surface area (Å²) in [5.74, 6) is 1.65. The fourth-order valence-electron chi connectivity index (χ4n) is 3.09. The number of amides is 1. The van der Waals surface area contributed by atoms with Gasteiger partial charge in [0.05, 0.1) is 13.2 Å². The number of hydrogen-bond donors (Lipinski definition) is 2. The normalized spacial score (nSPS) is 17.0. The first-order chi connectivity index (χ1) is 10.6. The molecule has 1 aliphatic rings. The highest BCUT2D eigenvalue weighted by Crippen LogP contribution is 2.26. The van der Waals surface area contributed by atoms with E-state index in [1.54, 1.807) is 7.11 Å². The minimum atomic E-state index is -0.0321. The number of rotatable bonds is 6. The average molecular weight is 304 g/mol. The first kappa shape index (κ1) is 16.8. The SMILES string of the molecule is COc1ccc(C)cc1C(C)NC(=O)CCC1CCNCC1. The molecule has 1 fully saturated rings. The first-order valence-corrected chi connectivity index (χ1v) is 8.24. The predicted molar refractivity (Wildman–Crippen MR) is 89.1 cm³/mol. The van der Waals surface area contributed by atoms with Gasteiger partial charge in [0.15, 0.2) is 0 Å². The van der Waals surface area contributed by atoms with Gasteiger partial charge >= 0.3 is 0 Å². The van der Waals surface area contributed by atoms with Crippen LogP contribution in [0.2, 0.25) is 0 Å². The monoisotopic (exact) mass is 304 g/mol. The Morgan fingerprint density at radius 1 is 1.41 bits per heavy atom. The molecule has 4 nitrogen and oxygen atoms in total. The third kappa shape index (κ3) is 4.73. The highest BCUT2D eigenvalue weighted by molar-refractivity contribution is 5.76. The molecule has 1 heterocycles. The lowest BCUT2D eigenvalue weighted by Gasteiger charge is -2.23. The van der Waals surface area contributed by atoms with E-state index in [-0.39, 0.29) is 11.9 Å². The molecular weight excluding hydrogens is 276 g/mol. The maximum atomic E-state index is 12.2. The van der Waals surface area contributed by atoms with E-state index in [1.165, 1.54) is 18.4 Å². The molecule has 0 bridgehead atoms. The van der Waals surface area contributed by atoms with Crippen LogP contribution in [0.1, 0.15) is 49.8 Å². The van der Waals surface area contributed by atoms with Crippen LogP contribution in [0.15, 0.2) is 18.2 Å². The summed E-state index contributed by atoms with van der Waals surface area (Å²) < 4.78 is 5.40. The summed E-state index contributed by atoms with van der Waals surface area (Å²) in [6.07, 6.45) is 3.98. The van der Waals surface area contributed by atoms with Crippen LogP contribution in [0.3, 0.4) is 0 Å². The molecule has 4 heteroatoms. The zero-order chi connectivity index (χ0) is 15.9. The molecule has 1 atom stereocenters. The van der Waals surface area contributed by atoms with Crippen LogP contribution in [0.5, 0.6) is 5.75 Å². The summed E-state index contributed by atoms with van der Waals surface area (Å²) in [5, 5.41) is 6.46. The predicted octanol–water partition coefficient (Wildman–Crippen LogP) is 2.96. The second kappa shape index (κ2) is 8.18. The zero-order valence-corrected chi connectivity index (χ0v) is 13.9. The Bertz CT molecular complexity index is 496. The molecule has 1 aromatic rings. The third-order valence-electron chi connectivity index (χ3n) is 4.47. The zero-order valence-electron chi connectivity index (χ0n) is 13.9. The lowest BCUT2D eigenvalue weighted by atomic mass is 9.93. The van der Waals surface area contributed by atoms with Crippen molar-refractivity contribution >= 4 is 5.91 Å². The molecule has 0 aliphatic carbocycles. The summed E-state index contributed by atoms with van der Waals surface area (Å²) >= 11 is 0. The number of carbonyl (C=O) groups excluding carboxylic acids is 1. The molecule has 0 aromatic heterocycles. The Hall–Kier alpha value is -1.55. The standard InChI is InChI=1S/C18H28N2O2/c1-13-4-6-17(22-3)16(12-13)14(2)20-18(21)7-5-15-8-10-19-11-9-15/h4,6,12,14-15,19H,5,7-11H2,1-3H3,(H,20,21). The van der Waals surface area contributed by atoms with E-state index in [4.69, 9.17) is 4.74 Å². The van der Waals surface area contributed by atoms with E-state index in [0.29, 0.717) is 12.3 Å². The second-order valence-electron chi connectivity index (χ2n) is 6.27. The number of methoxy groups -OCH3 is 1. The van der Waals surface area contributed by atoms with Crippen molar-refractivity contribution < 1.29 is 9.53 Å². The van der Waals surface area contributed by atoms with Crippen molar-refractivity contribution in [3.8, 4) is 5.75 Å². The molecule has 1 aromatic carbocycles. The number of hydrogen-bond acceptors (Lipinski definition) is 3. The van der Waals surface area contributed by atoms with Crippen LogP contribution in [0.4, 0.5) is 0 Å². The summed E-state index contributed by atoms with van der Waals surface area (Å²) in [4.78, 5) is 12.2. The summed E-state index contributed by atoms with van der Waals surface area (Å²) in [5.41, 5.74) is 2.21. The molecule has 1 aliphatic heterocycles. The van der Waals surface area contributed by atoms with Gasteiger partial charge in [-0.1, -0.05) is 17.7 Å². The van der Waals surface area contributed by atoms with Gasteiger partial charge in [0.2, 0.25) is 5.91 Å². The average Bonchev–Trinajstić information content (AvgIpc) is 2.54. The van der Waals surface area contributed by atoms with Gasteiger partial charge in [-0.3, -0.25) is 4.79 Å². The Morgan fingerprint density at radius 3 is 2.82 bits per heavy atom. The smallest absolute Gasteiger partial charge is 0.220 e. The van der Waals surface area contributed by atoms with E-state index in [0.717, 1.165) is 30.8 Å². The molecule has 0 saturated carbocycles. The van der Waals surface area contributed by atoms with Gasteiger partial charge < -0.3 is 15.4 Å². The third-order valence-corrected chi connectivity index (χ3v) is 4.47. The molecule has 2 rings (SSSR count). The maximum absolute atomic E-state index is 12.2. The minimum Gasteiger partial charge on any atom is -0.496 e. The van der Waals surface area contributed by atoms with Gasteiger partial charge in [0, 0.05) is 12.0 Å². The van der Waals surface area contributed by atoms with Crippen LogP contribution < -0.4 is 15.4 Å². The summed E-state index contributed by atoms with van der Waals surface area (Å²) in [6.45, 7) is 6.24. The van der Waals surface area contributed by atoms with Crippen LogP contribution in [-0.2, 0) is 4.79 Å². The second-order valence-corrected chi connectivity index (χ2v) is 6.27. The topological polar surface area (TPSA) is 50.4 Å². The largest absolute Gasteiger partial charge is 0.496 e. The molecule has 122 valence electrons. The molecule has 22 heavy (non-hydrogen) atoms. The van der Waals surface area contributed by atoms with Gasteiger partial charge in [0.25, 0.3) is 0 Å². The van der Waals surface area contributed by atoms with Gasteiger partial charge in [-0.05, 0) is 58.2 Å². The van der Waals surface area contributed by atoms with Crippen molar-refractivity contribution in [3.05, 3.63) is 29.3 Å². The van der Waals surface area contributed by atoms with Crippen LogP contribution in [0.25, 0.3) is 0 Å². The van der Waals surface area contributed by atoms with E-state index >= 15 is 0 Å². The molecule has 1 saturated heterocycles. The molecule has 0 radical (unpaired) electrons.